The van der Waals surface area contributed by atoms with Gasteiger partial charge in [-0.2, -0.15) is 0 Å². The van der Waals surface area contributed by atoms with Crippen molar-refractivity contribution in [2.45, 2.75) is 42.2 Å². The number of carbonyl (C=O) groups is 1. The smallest absolute Gasteiger partial charge is 0.339 e. The van der Waals surface area contributed by atoms with E-state index in [1.54, 1.807) is 0 Å². The van der Waals surface area contributed by atoms with E-state index in [4.69, 9.17) is 16.3 Å². The predicted molar refractivity (Wildman–Crippen MR) is 79.0 cm³/mol. The van der Waals surface area contributed by atoms with Gasteiger partial charge in [-0.05, 0) is 25.0 Å². The summed E-state index contributed by atoms with van der Waals surface area (Å²) in [6.45, 7) is 0. The maximum absolute atomic E-state index is 12.8. The van der Waals surface area contributed by atoms with Crippen molar-refractivity contribution in [3.8, 4) is 5.75 Å². The standard InChI is InChI=1S/C14H17ClO5S/c1-20-13-11(14(16)17)7-9(15)8-12(13)21(18,19)10-5-3-2-4-6-10/h7-8,10H,2-6H2,1H3,(H,16,17). The summed E-state index contributed by atoms with van der Waals surface area (Å²) in [6.07, 6.45) is 3.91. The highest BCUT2D eigenvalue weighted by Gasteiger charge is 2.33. The Morgan fingerprint density at radius 3 is 2.43 bits per heavy atom. The molecule has 0 amide bonds. The Morgan fingerprint density at radius 2 is 1.90 bits per heavy atom. The first-order valence-corrected chi connectivity index (χ1v) is 8.65. The minimum Gasteiger partial charge on any atom is -0.494 e. The van der Waals surface area contributed by atoms with Crippen molar-refractivity contribution in [3.63, 3.8) is 0 Å². The van der Waals surface area contributed by atoms with E-state index in [2.05, 4.69) is 0 Å². The molecule has 1 aromatic carbocycles. The fraction of sp³-hybridized carbons (Fsp3) is 0.500. The molecule has 7 heteroatoms. The Balaban J connectivity index is 2.59. The number of carboxylic acid groups (broad SMARTS) is 1. The fourth-order valence-corrected chi connectivity index (χ4v) is 5.04. The molecule has 1 aliphatic rings. The Morgan fingerprint density at radius 1 is 1.29 bits per heavy atom. The molecular formula is C14H17ClO5S. The van der Waals surface area contributed by atoms with Crippen LogP contribution < -0.4 is 4.74 Å². The normalized spacial score (nSPS) is 16.7. The van der Waals surface area contributed by atoms with Gasteiger partial charge in [0.2, 0.25) is 0 Å². The molecule has 1 aliphatic carbocycles. The number of hydrogen-bond donors (Lipinski definition) is 1. The SMILES string of the molecule is COc1c(C(=O)O)cc(Cl)cc1S(=O)(=O)C1CCCCC1. The van der Waals surface area contributed by atoms with Crippen LogP contribution in [-0.4, -0.2) is 31.9 Å². The summed E-state index contributed by atoms with van der Waals surface area (Å²) < 4.78 is 30.6. The van der Waals surface area contributed by atoms with Gasteiger partial charge in [-0.25, -0.2) is 13.2 Å². The minimum atomic E-state index is -3.66. The van der Waals surface area contributed by atoms with Gasteiger partial charge >= 0.3 is 5.97 Å². The first-order valence-electron chi connectivity index (χ1n) is 6.72. The molecule has 1 fully saturated rings. The number of hydrogen-bond acceptors (Lipinski definition) is 4. The molecule has 2 rings (SSSR count). The maximum Gasteiger partial charge on any atom is 0.339 e. The van der Waals surface area contributed by atoms with Gasteiger partial charge in [-0.3, -0.25) is 0 Å². The van der Waals surface area contributed by atoms with Crippen LogP contribution in [0.15, 0.2) is 17.0 Å². The highest BCUT2D eigenvalue weighted by molar-refractivity contribution is 7.92. The summed E-state index contributed by atoms with van der Waals surface area (Å²) >= 11 is 5.88. The zero-order chi connectivity index (χ0) is 15.6. The lowest BCUT2D eigenvalue weighted by atomic mass is 10.0. The van der Waals surface area contributed by atoms with Crippen LogP contribution in [0.2, 0.25) is 5.02 Å². The van der Waals surface area contributed by atoms with E-state index >= 15 is 0 Å². The zero-order valence-electron chi connectivity index (χ0n) is 11.6. The summed E-state index contributed by atoms with van der Waals surface area (Å²) in [6, 6.07) is 2.47. The lowest BCUT2D eigenvalue weighted by Gasteiger charge is -2.23. The van der Waals surface area contributed by atoms with Gasteiger partial charge in [0.05, 0.1) is 12.4 Å². The second kappa shape index (κ2) is 6.23. The van der Waals surface area contributed by atoms with Gasteiger partial charge in [0.15, 0.2) is 15.6 Å². The number of sulfone groups is 1. The molecule has 0 bridgehead atoms. The van der Waals surface area contributed by atoms with Gasteiger partial charge < -0.3 is 9.84 Å². The maximum atomic E-state index is 12.8. The highest BCUT2D eigenvalue weighted by atomic mass is 35.5. The van der Waals surface area contributed by atoms with E-state index in [-0.39, 0.29) is 21.2 Å². The minimum absolute atomic E-state index is 0.0718. The first kappa shape index (κ1) is 16.1. The summed E-state index contributed by atoms with van der Waals surface area (Å²) in [5, 5.41) is 8.76. The summed E-state index contributed by atoms with van der Waals surface area (Å²) in [4.78, 5) is 11.1. The lowest BCUT2D eigenvalue weighted by molar-refractivity contribution is 0.0693. The molecule has 0 radical (unpaired) electrons. The lowest BCUT2D eigenvalue weighted by Crippen LogP contribution is -2.25. The highest BCUT2D eigenvalue weighted by Crippen LogP contribution is 2.37. The Labute approximate surface area is 128 Å². The summed E-state index contributed by atoms with van der Waals surface area (Å²) in [7, 11) is -2.40. The number of rotatable bonds is 4. The third-order valence-corrected chi connectivity index (χ3v) is 6.24. The van der Waals surface area contributed by atoms with Crippen LogP contribution in [0, 0.1) is 0 Å². The second-order valence-corrected chi connectivity index (χ2v) is 7.73. The molecule has 0 aliphatic heterocycles. The zero-order valence-corrected chi connectivity index (χ0v) is 13.2. The van der Waals surface area contributed by atoms with Crippen molar-refractivity contribution in [1.29, 1.82) is 0 Å². The van der Waals surface area contributed by atoms with Crippen LogP contribution in [0.25, 0.3) is 0 Å². The van der Waals surface area contributed by atoms with E-state index in [0.29, 0.717) is 12.8 Å². The van der Waals surface area contributed by atoms with Crippen molar-refractivity contribution >= 4 is 27.4 Å². The van der Waals surface area contributed by atoms with Gasteiger partial charge in [0.1, 0.15) is 10.5 Å². The Hall–Kier alpha value is -1.27. The van der Waals surface area contributed by atoms with Crippen LogP contribution in [0.3, 0.4) is 0 Å². The molecule has 1 aromatic rings. The Kier molecular flexibility index (Phi) is 4.78. The predicted octanol–water partition coefficient (Wildman–Crippen LogP) is 3.15. The van der Waals surface area contributed by atoms with Crippen molar-refractivity contribution in [2.24, 2.45) is 0 Å². The van der Waals surface area contributed by atoms with Gasteiger partial charge in [0.25, 0.3) is 0 Å². The number of benzene rings is 1. The van der Waals surface area contributed by atoms with Crippen molar-refractivity contribution in [3.05, 3.63) is 22.7 Å². The molecule has 1 N–H and O–H groups in total. The molecule has 5 nitrogen and oxygen atoms in total. The van der Waals surface area contributed by atoms with E-state index in [1.165, 1.54) is 19.2 Å². The number of ether oxygens (including phenoxy) is 1. The van der Waals surface area contributed by atoms with E-state index in [9.17, 15) is 18.3 Å². The van der Waals surface area contributed by atoms with Crippen LogP contribution in [0.1, 0.15) is 42.5 Å². The molecule has 116 valence electrons. The van der Waals surface area contributed by atoms with Crippen molar-refractivity contribution in [2.75, 3.05) is 7.11 Å². The third-order valence-electron chi connectivity index (χ3n) is 3.75. The Bertz CT molecular complexity index is 648. The molecule has 0 heterocycles. The van der Waals surface area contributed by atoms with Gasteiger partial charge in [-0.1, -0.05) is 30.9 Å². The van der Waals surface area contributed by atoms with E-state index < -0.39 is 21.1 Å². The average Bonchev–Trinajstić information content (AvgIpc) is 2.47. The summed E-state index contributed by atoms with van der Waals surface area (Å²) in [5.41, 5.74) is -0.237. The monoisotopic (exact) mass is 332 g/mol. The number of carboxylic acids is 1. The first-order chi connectivity index (χ1) is 9.87. The van der Waals surface area contributed by atoms with E-state index in [0.717, 1.165) is 19.3 Å². The molecule has 0 aromatic heterocycles. The average molecular weight is 333 g/mol. The molecule has 21 heavy (non-hydrogen) atoms. The van der Waals surface area contributed by atoms with Gasteiger partial charge in [-0.15, -0.1) is 0 Å². The molecule has 0 unspecified atom stereocenters. The van der Waals surface area contributed by atoms with E-state index in [1.807, 2.05) is 0 Å². The quantitative estimate of drug-likeness (QED) is 0.916. The van der Waals surface area contributed by atoms with Gasteiger partial charge in [0, 0.05) is 5.02 Å². The fourth-order valence-electron chi connectivity index (χ4n) is 2.70. The van der Waals surface area contributed by atoms with Crippen molar-refractivity contribution in [1.82, 2.24) is 0 Å². The number of halogens is 1. The molecule has 0 spiro atoms. The van der Waals surface area contributed by atoms with Crippen LogP contribution in [0.5, 0.6) is 5.75 Å². The second-order valence-electron chi connectivity index (χ2n) is 5.09. The summed E-state index contributed by atoms with van der Waals surface area (Å²) in [5.74, 6) is -1.41. The van der Waals surface area contributed by atoms with Crippen LogP contribution >= 0.6 is 11.6 Å². The number of aromatic carboxylic acids is 1. The molecule has 0 saturated heterocycles. The third kappa shape index (κ3) is 3.16. The van der Waals surface area contributed by atoms with Crippen molar-refractivity contribution < 1.29 is 23.1 Å². The number of methoxy groups -OCH3 is 1. The van der Waals surface area contributed by atoms with Crippen LogP contribution in [0.4, 0.5) is 0 Å². The molecule has 1 saturated carbocycles. The van der Waals surface area contributed by atoms with Crippen LogP contribution in [-0.2, 0) is 9.84 Å². The topological polar surface area (TPSA) is 80.7 Å². The molecule has 0 atom stereocenters. The largest absolute Gasteiger partial charge is 0.494 e. The molecular weight excluding hydrogens is 316 g/mol.